The first-order valence-corrected chi connectivity index (χ1v) is 16.5. The summed E-state index contributed by atoms with van der Waals surface area (Å²) in [5, 5.41) is 22.2. The van der Waals surface area contributed by atoms with Crippen LogP contribution < -0.4 is 4.74 Å². The van der Waals surface area contributed by atoms with Crippen molar-refractivity contribution in [1.29, 1.82) is 0 Å². The number of para-hydroxylation sites is 2. The number of ketones is 2. The highest BCUT2D eigenvalue weighted by atomic mass is 35.5. The summed E-state index contributed by atoms with van der Waals surface area (Å²) in [4.78, 5) is 31.4. The van der Waals surface area contributed by atoms with Crippen LogP contribution in [-0.4, -0.2) is 46.2 Å². The summed E-state index contributed by atoms with van der Waals surface area (Å²) in [5.41, 5.74) is 6.45. The molecule has 0 aliphatic carbocycles. The van der Waals surface area contributed by atoms with Crippen LogP contribution >= 0.6 is 11.6 Å². The van der Waals surface area contributed by atoms with Gasteiger partial charge in [-0.15, -0.1) is 0 Å². The first-order chi connectivity index (χ1) is 24.4. The number of pyridine rings is 2. The van der Waals surface area contributed by atoms with E-state index in [0.717, 1.165) is 66.0 Å². The van der Waals surface area contributed by atoms with Crippen molar-refractivity contribution in [2.75, 3.05) is 0 Å². The SMILES string of the molecule is CC(=O)c1ccc(O)cc1.CC(=O)c1ccc(Oc2c3ccccc3nc3c2c(C)nn3C)cc1.Cc1nn(C)c2nc3ccccc3c(Cl)c12. The fourth-order valence-corrected chi connectivity index (χ4v) is 6.15. The van der Waals surface area contributed by atoms with E-state index in [9.17, 15) is 9.59 Å². The van der Waals surface area contributed by atoms with Gasteiger partial charge in [-0.3, -0.25) is 19.0 Å². The van der Waals surface area contributed by atoms with Crippen molar-refractivity contribution in [3.63, 3.8) is 0 Å². The van der Waals surface area contributed by atoms with Crippen LogP contribution in [0.3, 0.4) is 0 Å². The maximum absolute atomic E-state index is 11.5. The quantitative estimate of drug-likeness (QED) is 0.181. The lowest BCUT2D eigenvalue weighted by Gasteiger charge is -2.11. The van der Waals surface area contributed by atoms with Crippen molar-refractivity contribution in [3.05, 3.63) is 125 Å². The lowest BCUT2D eigenvalue weighted by atomic mass is 10.1. The molecule has 11 heteroatoms. The van der Waals surface area contributed by atoms with Crippen molar-refractivity contribution in [3.8, 4) is 17.2 Å². The Hall–Kier alpha value is -6.13. The minimum atomic E-state index is 0.0139. The van der Waals surface area contributed by atoms with Crippen LogP contribution in [0.2, 0.25) is 5.02 Å². The third-order valence-corrected chi connectivity index (χ3v) is 8.72. The fraction of sp³-hybridized carbons (Fsp3) is 0.150. The zero-order valence-corrected chi connectivity index (χ0v) is 29.7. The van der Waals surface area contributed by atoms with Crippen LogP contribution in [-0.2, 0) is 14.1 Å². The van der Waals surface area contributed by atoms with Gasteiger partial charge in [-0.25, -0.2) is 9.97 Å². The molecule has 0 amide bonds. The number of nitrogens with zero attached hydrogens (tertiary/aromatic N) is 6. The Labute approximate surface area is 298 Å². The fourth-order valence-electron chi connectivity index (χ4n) is 5.77. The summed E-state index contributed by atoms with van der Waals surface area (Å²) >= 11 is 6.40. The molecule has 0 aliphatic rings. The standard InChI is InChI=1S/C20H17N3O2.C12H10ClN3.C8H8O2/c1-12-18-19(25-15-10-8-14(9-11-15)13(2)24)16-6-4-5-7-17(16)21-20(18)23(3)22-12;1-7-10-11(13)8-5-3-4-6-9(8)14-12(10)16(2)15-7;1-6(9)7-2-4-8(10)5-3-7/h4-11H,1-3H3;3-6H,1-2H3;2-5,10H,1H3. The van der Waals surface area contributed by atoms with Gasteiger partial charge >= 0.3 is 0 Å². The minimum absolute atomic E-state index is 0.0139. The molecule has 0 bridgehead atoms. The van der Waals surface area contributed by atoms with Gasteiger partial charge in [-0.05, 0) is 94.4 Å². The number of fused-ring (bicyclic) bond motifs is 4. The lowest BCUT2D eigenvalue weighted by molar-refractivity contribution is 0.100. The van der Waals surface area contributed by atoms with Crippen molar-refractivity contribution in [2.24, 2.45) is 14.1 Å². The van der Waals surface area contributed by atoms with E-state index >= 15 is 0 Å². The first-order valence-electron chi connectivity index (χ1n) is 16.1. The summed E-state index contributed by atoms with van der Waals surface area (Å²) in [6.07, 6.45) is 0. The molecule has 51 heavy (non-hydrogen) atoms. The summed E-state index contributed by atoms with van der Waals surface area (Å²) < 4.78 is 9.76. The van der Waals surface area contributed by atoms with Gasteiger partial charge in [0.05, 0.1) is 38.2 Å². The molecule has 8 aromatic rings. The van der Waals surface area contributed by atoms with Crippen LogP contribution in [0.15, 0.2) is 97.1 Å². The van der Waals surface area contributed by atoms with Gasteiger partial charge in [-0.2, -0.15) is 10.2 Å². The average molecular weight is 699 g/mol. The molecule has 4 aromatic heterocycles. The molecule has 0 radical (unpaired) electrons. The highest BCUT2D eigenvalue weighted by molar-refractivity contribution is 6.40. The van der Waals surface area contributed by atoms with E-state index in [1.807, 2.05) is 88.6 Å². The van der Waals surface area contributed by atoms with Gasteiger partial charge in [0.1, 0.15) is 17.2 Å². The molecule has 1 N–H and O–H groups in total. The Kier molecular flexibility index (Phi) is 9.79. The summed E-state index contributed by atoms with van der Waals surface area (Å²) in [5.74, 6) is 1.64. The number of rotatable bonds is 4. The molecule has 0 saturated heterocycles. The van der Waals surface area contributed by atoms with E-state index in [1.165, 1.54) is 19.1 Å². The molecule has 0 saturated carbocycles. The molecule has 256 valence electrons. The molecule has 4 aromatic carbocycles. The van der Waals surface area contributed by atoms with Crippen LogP contribution in [0.5, 0.6) is 17.2 Å². The zero-order valence-electron chi connectivity index (χ0n) is 29.0. The van der Waals surface area contributed by atoms with Gasteiger partial charge < -0.3 is 9.84 Å². The minimum Gasteiger partial charge on any atom is -0.508 e. The maximum Gasteiger partial charge on any atom is 0.162 e. The normalized spacial score (nSPS) is 10.9. The first kappa shape index (κ1) is 34.7. The number of hydrogen-bond acceptors (Lipinski definition) is 8. The summed E-state index contributed by atoms with van der Waals surface area (Å²) in [6, 6.07) is 29.1. The Morgan fingerprint density at radius 2 is 1.10 bits per heavy atom. The molecular weight excluding hydrogens is 664 g/mol. The van der Waals surface area contributed by atoms with E-state index in [1.54, 1.807) is 40.6 Å². The highest BCUT2D eigenvalue weighted by Crippen LogP contribution is 2.37. The molecule has 0 fully saturated rings. The summed E-state index contributed by atoms with van der Waals surface area (Å²) in [6.45, 7) is 6.94. The van der Waals surface area contributed by atoms with Gasteiger partial charge in [0.25, 0.3) is 0 Å². The van der Waals surface area contributed by atoms with Crippen molar-refractivity contribution < 1.29 is 19.4 Å². The van der Waals surface area contributed by atoms with Gasteiger partial charge in [-0.1, -0.05) is 41.9 Å². The van der Waals surface area contributed by atoms with Gasteiger partial charge in [0, 0.05) is 36.0 Å². The van der Waals surface area contributed by atoms with Crippen molar-refractivity contribution >= 4 is 67.0 Å². The van der Waals surface area contributed by atoms with E-state index in [-0.39, 0.29) is 17.3 Å². The number of ether oxygens (including phenoxy) is 1. The number of carbonyl (C=O) groups excluding carboxylic acids is 2. The van der Waals surface area contributed by atoms with Crippen molar-refractivity contribution in [2.45, 2.75) is 27.7 Å². The van der Waals surface area contributed by atoms with E-state index < -0.39 is 0 Å². The van der Waals surface area contributed by atoms with Crippen LogP contribution in [0.4, 0.5) is 0 Å². The maximum atomic E-state index is 11.5. The largest absolute Gasteiger partial charge is 0.508 e. The van der Waals surface area contributed by atoms with Crippen LogP contribution in [0.1, 0.15) is 46.0 Å². The van der Waals surface area contributed by atoms with Gasteiger partial charge in [0.15, 0.2) is 22.9 Å². The third kappa shape index (κ3) is 7.13. The number of benzene rings is 4. The molecule has 0 unspecified atom stereocenters. The van der Waals surface area contributed by atoms with Crippen LogP contribution in [0.25, 0.3) is 43.9 Å². The number of phenols is 1. The average Bonchev–Trinajstić information content (AvgIpc) is 3.57. The molecule has 4 heterocycles. The molecule has 0 spiro atoms. The second-order valence-corrected chi connectivity index (χ2v) is 12.4. The highest BCUT2D eigenvalue weighted by Gasteiger charge is 2.18. The number of aromatic nitrogens is 6. The predicted octanol–water partition coefficient (Wildman–Crippen LogP) is 9.10. The van der Waals surface area contributed by atoms with Crippen molar-refractivity contribution in [1.82, 2.24) is 29.5 Å². The Bertz CT molecular complexity index is 2570. The molecule has 0 atom stereocenters. The number of aryl methyl sites for hydroxylation is 4. The van der Waals surface area contributed by atoms with E-state index in [0.29, 0.717) is 16.9 Å². The summed E-state index contributed by atoms with van der Waals surface area (Å²) in [7, 11) is 3.76. The topological polar surface area (TPSA) is 125 Å². The van der Waals surface area contributed by atoms with Crippen LogP contribution in [0, 0.1) is 13.8 Å². The smallest absolute Gasteiger partial charge is 0.162 e. The van der Waals surface area contributed by atoms with E-state index in [2.05, 4.69) is 15.2 Å². The van der Waals surface area contributed by atoms with Gasteiger partial charge in [0.2, 0.25) is 0 Å². The second kappa shape index (κ2) is 14.4. The lowest BCUT2D eigenvalue weighted by Crippen LogP contribution is -1.95. The molecule has 0 aliphatic heterocycles. The monoisotopic (exact) mass is 698 g/mol. The third-order valence-electron chi connectivity index (χ3n) is 8.33. The number of halogens is 1. The number of aromatic hydroxyl groups is 1. The van der Waals surface area contributed by atoms with E-state index in [4.69, 9.17) is 26.4 Å². The molecule has 10 nitrogen and oxygen atoms in total. The zero-order chi connectivity index (χ0) is 36.4. The number of Topliss-reactive ketones (excluding diaryl/α,β-unsaturated/α-hetero) is 2. The number of phenolic OH excluding ortho intramolecular Hbond substituents is 1. The Morgan fingerprint density at radius 1 is 0.647 bits per heavy atom. The Balaban J connectivity index is 0.000000147. The second-order valence-electron chi connectivity index (χ2n) is 12.0. The number of carbonyl (C=O) groups is 2. The Morgan fingerprint density at radius 3 is 1.65 bits per heavy atom. The predicted molar refractivity (Wildman–Crippen MR) is 201 cm³/mol. The molecular formula is C40H35ClN6O4. The number of hydrogen-bond donors (Lipinski definition) is 1. The molecule has 8 rings (SSSR count).